The van der Waals surface area contributed by atoms with Crippen LogP contribution in [0.5, 0.6) is 5.75 Å². The highest BCUT2D eigenvalue weighted by Crippen LogP contribution is 2.24. The third-order valence-electron chi connectivity index (χ3n) is 4.05. The molecule has 144 valence electrons. The van der Waals surface area contributed by atoms with Crippen molar-refractivity contribution in [2.75, 3.05) is 20.0 Å². The van der Waals surface area contributed by atoms with E-state index in [1.807, 2.05) is 31.2 Å². The van der Waals surface area contributed by atoms with E-state index in [9.17, 15) is 4.79 Å². The van der Waals surface area contributed by atoms with Crippen LogP contribution in [0.25, 0.3) is 22.6 Å². The minimum atomic E-state index is -0.413. The van der Waals surface area contributed by atoms with Gasteiger partial charge >= 0.3 is 5.97 Å². The van der Waals surface area contributed by atoms with Crippen LogP contribution < -0.4 is 4.74 Å². The molecule has 0 amide bonds. The Kier molecular flexibility index (Phi) is 4.82. The van der Waals surface area contributed by atoms with Crippen LogP contribution >= 0.6 is 11.8 Å². The quantitative estimate of drug-likeness (QED) is 0.353. The van der Waals surface area contributed by atoms with E-state index in [2.05, 4.69) is 25.4 Å². The summed E-state index contributed by atoms with van der Waals surface area (Å²) in [6, 6.07) is 7.37. The predicted molar refractivity (Wildman–Crippen MR) is 102 cm³/mol. The Labute approximate surface area is 163 Å². The van der Waals surface area contributed by atoms with E-state index in [-0.39, 0.29) is 6.42 Å². The van der Waals surface area contributed by atoms with E-state index in [1.54, 1.807) is 16.3 Å². The van der Waals surface area contributed by atoms with E-state index in [1.165, 1.54) is 18.9 Å². The zero-order valence-electron chi connectivity index (χ0n) is 15.5. The molecule has 28 heavy (non-hydrogen) atoms. The lowest BCUT2D eigenvalue weighted by atomic mass is 10.3. The second-order valence-corrected chi connectivity index (χ2v) is 6.95. The molecule has 0 N–H and O–H groups in total. The van der Waals surface area contributed by atoms with Gasteiger partial charge in [-0.2, -0.15) is 14.6 Å². The summed E-state index contributed by atoms with van der Waals surface area (Å²) in [6.07, 6.45) is -0.0262. The van der Waals surface area contributed by atoms with Gasteiger partial charge in [0, 0.05) is 0 Å². The van der Waals surface area contributed by atoms with Crippen LogP contribution in [-0.2, 0) is 16.0 Å². The Balaban J connectivity index is 1.96. The zero-order chi connectivity index (χ0) is 19.7. The normalized spacial score (nSPS) is 11.2. The van der Waals surface area contributed by atoms with Gasteiger partial charge in [0.05, 0.1) is 26.3 Å². The molecular weight excluding hydrogens is 382 g/mol. The fourth-order valence-electron chi connectivity index (χ4n) is 2.75. The molecule has 0 unspecified atom stereocenters. The number of carbonyl (C=O) groups excluding carboxylic acids is 1. The number of esters is 1. The van der Waals surface area contributed by atoms with Crippen molar-refractivity contribution in [3.05, 3.63) is 30.0 Å². The maximum atomic E-state index is 11.8. The average molecular weight is 399 g/mol. The third kappa shape index (κ3) is 3.13. The van der Waals surface area contributed by atoms with E-state index < -0.39 is 5.97 Å². The molecule has 0 fully saturated rings. The smallest absolute Gasteiger partial charge is 0.311 e. The SMILES string of the molecule is CCSc1nc2nnc3c(CC(=O)OC)nn(-c4ccc(OC)cc4)c3n2n1. The number of methoxy groups -OCH3 is 2. The highest BCUT2D eigenvalue weighted by atomic mass is 32.2. The van der Waals surface area contributed by atoms with Crippen LogP contribution in [0.4, 0.5) is 0 Å². The standard InChI is InChI=1S/C17H17N7O3S/c1-4-28-17-18-16-20-19-14-12(9-13(25)27-3)21-23(15(14)24(16)22-17)10-5-7-11(26-2)8-6-10/h5-8H,4,9H2,1-3H3. The van der Waals surface area contributed by atoms with E-state index >= 15 is 0 Å². The molecular formula is C17H17N7O3S. The van der Waals surface area contributed by atoms with Crippen molar-refractivity contribution in [2.45, 2.75) is 18.5 Å². The van der Waals surface area contributed by atoms with Gasteiger partial charge in [0.1, 0.15) is 11.4 Å². The van der Waals surface area contributed by atoms with E-state index in [0.29, 0.717) is 27.8 Å². The van der Waals surface area contributed by atoms with E-state index in [0.717, 1.165) is 17.2 Å². The molecule has 0 atom stereocenters. The number of ether oxygens (including phenoxy) is 2. The third-order valence-corrected chi connectivity index (χ3v) is 4.77. The molecule has 4 rings (SSSR count). The molecule has 0 aliphatic heterocycles. The number of carbonyl (C=O) groups is 1. The molecule has 0 radical (unpaired) electrons. The van der Waals surface area contributed by atoms with Gasteiger partial charge in [-0.05, 0) is 30.0 Å². The molecule has 0 saturated heterocycles. The highest BCUT2D eigenvalue weighted by Gasteiger charge is 2.21. The monoisotopic (exact) mass is 399 g/mol. The van der Waals surface area contributed by atoms with Crippen LogP contribution in [-0.4, -0.2) is 60.5 Å². The first-order chi connectivity index (χ1) is 13.6. The maximum Gasteiger partial charge on any atom is 0.311 e. The fraction of sp³-hybridized carbons (Fsp3) is 0.294. The summed E-state index contributed by atoms with van der Waals surface area (Å²) in [5.74, 6) is 1.51. The van der Waals surface area contributed by atoms with E-state index in [4.69, 9.17) is 9.47 Å². The van der Waals surface area contributed by atoms with Crippen molar-refractivity contribution in [1.29, 1.82) is 0 Å². The first-order valence-corrected chi connectivity index (χ1v) is 9.48. The van der Waals surface area contributed by atoms with Crippen molar-refractivity contribution in [3.8, 4) is 11.4 Å². The van der Waals surface area contributed by atoms with Crippen LogP contribution in [0.3, 0.4) is 0 Å². The minimum absolute atomic E-state index is 0.0262. The predicted octanol–water partition coefficient (Wildman–Crippen LogP) is 1.69. The second kappa shape index (κ2) is 7.43. The van der Waals surface area contributed by atoms with Crippen LogP contribution in [0, 0.1) is 0 Å². The lowest BCUT2D eigenvalue weighted by Crippen LogP contribution is -2.06. The topological polar surface area (TPSA) is 109 Å². The summed E-state index contributed by atoms with van der Waals surface area (Å²) in [7, 11) is 2.94. The Morgan fingerprint density at radius 1 is 1.14 bits per heavy atom. The van der Waals surface area contributed by atoms with Crippen molar-refractivity contribution in [3.63, 3.8) is 0 Å². The summed E-state index contributed by atoms with van der Waals surface area (Å²) in [4.78, 5) is 16.2. The number of aromatic nitrogens is 7. The number of fused-ring (bicyclic) bond motifs is 3. The average Bonchev–Trinajstić information content (AvgIpc) is 3.29. The summed E-state index contributed by atoms with van der Waals surface area (Å²) >= 11 is 1.51. The van der Waals surface area contributed by atoms with Gasteiger partial charge in [0.15, 0.2) is 11.2 Å². The van der Waals surface area contributed by atoms with Crippen LogP contribution in [0.15, 0.2) is 29.4 Å². The zero-order valence-corrected chi connectivity index (χ0v) is 16.3. The molecule has 1 aromatic carbocycles. The number of hydrogen-bond donors (Lipinski definition) is 0. The lowest BCUT2D eigenvalue weighted by molar-refractivity contribution is -0.139. The van der Waals surface area contributed by atoms with Crippen LogP contribution in [0.1, 0.15) is 12.6 Å². The summed E-state index contributed by atoms with van der Waals surface area (Å²) < 4.78 is 13.3. The largest absolute Gasteiger partial charge is 0.497 e. The van der Waals surface area contributed by atoms with Crippen molar-refractivity contribution in [2.24, 2.45) is 0 Å². The Morgan fingerprint density at radius 2 is 1.93 bits per heavy atom. The maximum absolute atomic E-state index is 11.8. The van der Waals surface area contributed by atoms with Gasteiger partial charge in [0.25, 0.3) is 5.78 Å². The first kappa shape index (κ1) is 18.2. The number of hydrogen-bond acceptors (Lipinski definition) is 9. The summed E-state index contributed by atoms with van der Waals surface area (Å²) in [5, 5.41) is 18.1. The minimum Gasteiger partial charge on any atom is -0.497 e. The second-order valence-electron chi connectivity index (χ2n) is 5.72. The molecule has 0 saturated carbocycles. The molecule has 0 aliphatic rings. The first-order valence-electron chi connectivity index (χ1n) is 8.49. The molecule has 11 heteroatoms. The van der Waals surface area contributed by atoms with Gasteiger partial charge in [-0.3, -0.25) is 4.79 Å². The lowest BCUT2D eigenvalue weighted by Gasteiger charge is -2.05. The fourth-order valence-corrected chi connectivity index (χ4v) is 3.29. The van der Waals surface area contributed by atoms with Crippen molar-refractivity contribution < 1.29 is 14.3 Å². The molecule has 0 spiro atoms. The molecule has 4 aromatic rings. The van der Waals surface area contributed by atoms with Crippen LogP contribution in [0.2, 0.25) is 0 Å². The Bertz CT molecular complexity index is 1150. The Morgan fingerprint density at radius 3 is 2.61 bits per heavy atom. The molecule has 3 aromatic heterocycles. The summed E-state index contributed by atoms with van der Waals surface area (Å²) in [6.45, 7) is 2.02. The number of thioether (sulfide) groups is 1. The van der Waals surface area contributed by atoms with Gasteiger partial charge in [-0.15, -0.1) is 15.3 Å². The molecule has 10 nitrogen and oxygen atoms in total. The molecule has 0 bridgehead atoms. The van der Waals surface area contributed by atoms with Gasteiger partial charge < -0.3 is 9.47 Å². The van der Waals surface area contributed by atoms with Gasteiger partial charge in [0.2, 0.25) is 5.16 Å². The highest BCUT2D eigenvalue weighted by molar-refractivity contribution is 7.99. The number of nitrogens with zero attached hydrogens (tertiary/aromatic N) is 7. The molecule has 0 aliphatic carbocycles. The Hall–Kier alpha value is -3.21. The van der Waals surface area contributed by atoms with Crippen molar-refractivity contribution >= 4 is 34.7 Å². The number of rotatable bonds is 6. The number of benzene rings is 1. The summed E-state index contributed by atoms with van der Waals surface area (Å²) in [5.41, 5.74) is 2.25. The van der Waals surface area contributed by atoms with Gasteiger partial charge in [-0.1, -0.05) is 18.7 Å². The van der Waals surface area contributed by atoms with Crippen molar-refractivity contribution in [1.82, 2.24) is 34.6 Å². The molecule has 3 heterocycles. The van der Waals surface area contributed by atoms with Gasteiger partial charge in [-0.25, -0.2) is 4.68 Å².